The number of carbonyl (C=O) groups excluding carboxylic acids is 1. The first-order valence-electron chi connectivity index (χ1n) is 9.51. The summed E-state index contributed by atoms with van der Waals surface area (Å²) in [5.74, 6) is 1.44. The Kier molecular flexibility index (Phi) is 7.08. The minimum absolute atomic E-state index is 0.0371. The summed E-state index contributed by atoms with van der Waals surface area (Å²) in [6.07, 6.45) is 4.36. The van der Waals surface area contributed by atoms with Crippen LogP contribution in [0.1, 0.15) is 69.5 Å². The fraction of sp³-hybridized carbons (Fsp3) is 0.750. The average molecular weight is 351 g/mol. The standard InChI is InChI=1S/C20H33NO4/c1-15(2)5-10-21(11-6-16(3)4)19(22)17-7-12-25-18(17)20(23)8-13-24-14-9-20/h7,12,15-16,23H,5-6,8-11,13-14H2,1-4H3. The zero-order valence-corrected chi connectivity index (χ0v) is 16.1. The lowest BCUT2D eigenvalue weighted by molar-refractivity contribution is -0.0805. The van der Waals surface area contributed by atoms with Crippen LogP contribution in [0, 0.1) is 11.8 Å². The van der Waals surface area contributed by atoms with Gasteiger partial charge in [-0.05, 0) is 30.7 Å². The predicted molar refractivity (Wildman–Crippen MR) is 97.5 cm³/mol. The van der Waals surface area contributed by atoms with E-state index in [4.69, 9.17) is 9.15 Å². The van der Waals surface area contributed by atoms with Crippen molar-refractivity contribution in [3.63, 3.8) is 0 Å². The van der Waals surface area contributed by atoms with Crippen LogP contribution >= 0.6 is 0 Å². The average Bonchev–Trinajstić information content (AvgIpc) is 3.05. The molecule has 1 aromatic rings. The van der Waals surface area contributed by atoms with Crippen LogP contribution < -0.4 is 0 Å². The van der Waals surface area contributed by atoms with E-state index in [0.29, 0.717) is 49.2 Å². The first kappa shape index (κ1) is 20.0. The monoisotopic (exact) mass is 351 g/mol. The van der Waals surface area contributed by atoms with Gasteiger partial charge in [0.2, 0.25) is 0 Å². The number of rotatable bonds is 8. The molecule has 2 heterocycles. The summed E-state index contributed by atoms with van der Waals surface area (Å²) < 4.78 is 10.9. The third-order valence-electron chi connectivity index (χ3n) is 4.88. The number of hydrogen-bond donors (Lipinski definition) is 1. The second-order valence-corrected chi connectivity index (χ2v) is 7.96. The van der Waals surface area contributed by atoms with E-state index in [2.05, 4.69) is 27.7 Å². The normalized spacial score (nSPS) is 17.2. The number of furan rings is 1. The molecule has 0 bridgehead atoms. The van der Waals surface area contributed by atoms with Gasteiger partial charge in [0.05, 0.1) is 11.8 Å². The van der Waals surface area contributed by atoms with Crippen LogP contribution in [0.4, 0.5) is 0 Å². The molecule has 5 nitrogen and oxygen atoms in total. The number of amides is 1. The van der Waals surface area contributed by atoms with Gasteiger partial charge >= 0.3 is 0 Å². The zero-order chi connectivity index (χ0) is 18.4. The highest BCUT2D eigenvalue weighted by Gasteiger charge is 2.39. The lowest BCUT2D eigenvalue weighted by atomic mass is 9.89. The van der Waals surface area contributed by atoms with Gasteiger partial charge in [-0.15, -0.1) is 0 Å². The fourth-order valence-corrected chi connectivity index (χ4v) is 3.09. The van der Waals surface area contributed by atoms with Crippen LogP contribution in [0.5, 0.6) is 0 Å². The molecule has 1 N–H and O–H groups in total. The molecule has 1 aromatic heterocycles. The molecule has 0 aromatic carbocycles. The summed E-state index contributed by atoms with van der Waals surface area (Å²) in [7, 11) is 0. The Labute approximate surface area is 151 Å². The summed E-state index contributed by atoms with van der Waals surface area (Å²) in [5, 5.41) is 10.9. The van der Waals surface area contributed by atoms with Gasteiger partial charge < -0.3 is 19.2 Å². The third kappa shape index (κ3) is 5.32. The summed E-state index contributed by atoms with van der Waals surface area (Å²) in [6.45, 7) is 11.1. The Morgan fingerprint density at radius 2 is 1.72 bits per heavy atom. The Hall–Kier alpha value is -1.33. The Balaban J connectivity index is 2.19. The van der Waals surface area contributed by atoms with Gasteiger partial charge in [0.1, 0.15) is 11.4 Å². The van der Waals surface area contributed by atoms with E-state index in [1.807, 2.05) is 4.90 Å². The summed E-state index contributed by atoms with van der Waals surface area (Å²) >= 11 is 0. The van der Waals surface area contributed by atoms with Crippen LogP contribution in [0.25, 0.3) is 0 Å². The summed E-state index contributed by atoms with van der Waals surface area (Å²) in [4.78, 5) is 15.1. The molecule has 0 radical (unpaired) electrons. The molecule has 25 heavy (non-hydrogen) atoms. The van der Waals surface area contributed by atoms with Crippen molar-refractivity contribution >= 4 is 5.91 Å². The van der Waals surface area contributed by atoms with Crippen molar-refractivity contribution in [2.75, 3.05) is 26.3 Å². The van der Waals surface area contributed by atoms with Gasteiger partial charge in [-0.3, -0.25) is 4.79 Å². The highest BCUT2D eigenvalue weighted by Crippen LogP contribution is 2.35. The van der Waals surface area contributed by atoms with Gasteiger partial charge in [0.25, 0.3) is 5.91 Å². The highest BCUT2D eigenvalue weighted by atomic mass is 16.5. The van der Waals surface area contributed by atoms with E-state index in [9.17, 15) is 9.90 Å². The fourth-order valence-electron chi connectivity index (χ4n) is 3.09. The maximum atomic E-state index is 13.2. The van der Waals surface area contributed by atoms with E-state index >= 15 is 0 Å². The topological polar surface area (TPSA) is 62.9 Å². The lowest BCUT2D eigenvalue weighted by Gasteiger charge is -2.32. The molecule has 0 atom stereocenters. The molecule has 1 fully saturated rings. The Morgan fingerprint density at radius 1 is 1.16 bits per heavy atom. The second kappa shape index (κ2) is 8.86. The maximum Gasteiger partial charge on any atom is 0.257 e. The molecule has 1 amide bonds. The molecule has 0 unspecified atom stereocenters. The molecular weight excluding hydrogens is 318 g/mol. The number of aliphatic hydroxyl groups is 1. The Bertz CT molecular complexity index is 532. The number of nitrogens with zero attached hydrogens (tertiary/aromatic N) is 1. The van der Waals surface area contributed by atoms with Gasteiger partial charge in [-0.2, -0.15) is 0 Å². The molecule has 0 spiro atoms. The summed E-state index contributed by atoms with van der Waals surface area (Å²) in [5.41, 5.74) is -0.606. The quantitative estimate of drug-likeness (QED) is 0.773. The minimum Gasteiger partial charge on any atom is -0.465 e. The van der Waals surface area contributed by atoms with Gasteiger partial charge in [-0.25, -0.2) is 0 Å². The van der Waals surface area contributed by atoms with Crippen molar-refractivity contribution < 1.29 is 19.1 Å². The van der Waals surface area contributed by atoms with E-state index in [-0.39, 0.29) is 5.91 Å². The van der Waals surface area contributed by atoms with Crippen molar-refractivity contribution in [3.05, 3.63) is 23.7 Å². The summed E-state index contributed by atoms with van der Waals surface area (Å²) in [6, 6.07) is 1.70. The van der Waals surface area contributed by atoms with E-state index in [0.717, 1.165) is 25.9 Å². The second-order valence-electron chi connectivity index (χ2n) is 7.96. The zero-order valence-electron chi connectivity index (χ0n) is 16.1. The van der Waals surface area contributed by atoms with Gasteiger partial charge in [0.15, 0.2) is 0 Å². The van der Waals surface area contributed by atoms with E-state index < -0.39 is 5.60 Å². The van der Waals surface area contributed by atoms with Gasteiger partial charge in [0, 0.05) is 39.1 Å². The molecule has 1 saturated heterocycles. The Morgan fingerprint density at radius 3 is 2.24 bits per heavy atom. The SMILES string of the molecule is CC(C)CCN(CCC(C)C)C(=O)c1ccoc1C1(O)CCOCC1. The third-order valence-corrected chi connectivity index (χ3v) is 4.88. The molecule has 0 aliphatic carbocycles. The molecule has 0 saturated carbocycles. The minimum atomic E-state index is -1.10. The van der Waals surface area contributed by atoms with Crippen LogP contribution in [0.2, 0.25) is 0 Å². The number of carbonyl (C=O) groups is 1. The highest BCUT2D eigenvalue weighted by molar-refractivity contribution is 5.95. The molecule has 1 aliphatic rings. The molecule has 1 aliphatic heterocycles. The van der Waals surface area contributed by atoms with E-state index in [1.165, 1.54) is 6.26 Å². The van der Waals surface area contributed by atoms with Crippen LogP contribution in [-0.4, -0.2) is 42.2 Å². The smallest absolute Gasteiger partial charge is 0.257 e. The first-order chi connectivity index (χ1) is 11.8. The number of ether oxygens (including phenoxy) is 1. The lowest BCUT2D eigenvalue weighted by Crippen LogP contribution is -2.38. The van der Waals surface area contributed by atoms with Crippen LogP contribution in [0.3, 0.4) is 0 Å². The van der Waals surface area contributed by atoms with Crippen molar-refractivity contribution in [2.24, 2.45) is 11.8 Å². The molecule has 2 rings (SSSR count). The molecule has 5 heteroatoms. The van der Waals surface area contributed by atoms with Crippen molar-refractivity contribution in [2.45, 2.75) is 59.0 Å². The first-order valence-corrected chi connectivity index (χ1v) is 9.51. The van der Waals surface area contributed by atoms with Gasteiger partial charge in [-0.1, -0.05) is 27.7 Å². The maximum absolute atomic E-state index is 13.2. The number of hydrogen-bond acceptors (Lipinski definition) is 4. The predicted octanol–water partition coefficient (Wildman–Crippen LogP) is 3.81. The van der Waals surface area contributed by atoms with Crippen LogP contribution in [-0.2, 0) is 10.3 Å². The largest absolute Gasteiger partial charge is 0.465 e. The van der Waals surface area contributed by atoms with Crippen molar-refractivity contribution in [3.8, 4) is 0 Å². The van der Waals surface area contributed by atoms with E-state index in [1.54, 1.807) is 6.07 Å². The molecular formula is C20H33NO4. The van der Waals surface area contributed by atoms with Crippen LogP contribution in [0.15, 0.2) is 16.7 Å². The van der Waals surface area contributed by atoms with Crippen molar-refractivity contribution in [1.29, 1.82) is 0 Å². The molecule has 142 valence electrons. The van der Waals surface area contributed by atoms with Crippen molar-refractivity contribution in [1.82, 2.24) is 4.90 Å².